The number of amides is 3. The van der Waals surface area contributed by atoms with Crippen molar-refractivity contribution in [3.8, 4) is 5.75 Å². The number of rotatable bonds is 4. The van der Waals surface area contributed by atoms with Gasteiger partial charge in [-0.15, -0.1) is 0 Å². The molecule has 0 aliphatic heterocycles. The zero-order valence-corrected chi connectivity index (χ0v) is 10.9. The molecule has 92 valence electrons. The molecule has 6 heteroatoms. The lowest BCUT2D eigenvalue weighted by Crippen LogP contribution is -2.41. The van der Waals surface area contributed by atoms with Crippen LogP contribution in [0.4, 0.5) is 4.79 Å². The van der Waals surface area contributed by atoms with Crippen molar-refractivity contribution in [2.24, 2.45) is 0 Å². The lowest BCUT2D eigenvalue weighted by atomic mass is 10.3. The maximum atomic E-state index is 11.3. The van der Waals surface area contributed by atoms with E-state index in [4.69, 9.17) is 4.74 Å². The van der Waals surface area contributed by atoms with Crippen LogP contribution in [-0.4, -0.2) is 25.1 Å². The molecular weight excluding hydrogens is 288 g/mol. The second-order valence-corrected chi connectivity index (χ2v) is 3.98. The van der Waals surface area contributed by atoms with E-state index in [1.165, 1.54) is 0 Å². The largest absolute Gasteiger partial charge is 0.483 e. The zero-order chi connectivity index (χ0) is 12.7. The molecule has 0 unspecified atom stereocenters. The molecule has 0 heterocycles. The Labute approximate surface area is 108 Å². The van der Waals surface area contributed by atoms with Crippen molar-refractivity contribution in [1.82, 2.24) is 10.6 Å². The summed E-state index contributed by atoms with van der Waals surface area (Å²) in [4.78, 5) is 22.3. The van der Waals surface area contributed by atoms with Gasteiger partial charge in [-0.1, -0.05) is 12.1 Å². The maximum absolute atomic E-state index is 11.3. The second-order valence-electron chi connectivity index (χ2n) is 3.13. The Morgan fingerprint density at radius 1 is 1.35 bits per heavy atom. The Balaban J connectivity index is 2.38. The van der Waals surface area contributed by atoms with Crippen molar-refractivity contribution >= 4 is 27.9 Å². The van der Waals surface area contributed by atoms with Crippen LogP contribution < -0.4 is 15.4 Å². The predicted molar refractivity (Wildman–Crippen MR) is 66.9 cm³/mol. The minimum atomic E-state index is -0.520. The number of urea groups is 1. The fourth-order valence-corrected chi connectivity index (χ4v) is 1.47. The summed E-state index contributed by atoms with van der Waals surface area (Å²) in [6.45, 7) is 2.02. The van der Waals surface area contributed by atoms with Crippen LogP contribution in [0.3, 0.4) is 0 Å². The van der Waals surface area contributed by atoms with Crippen LogP contribution in [0.5, 0.6) is 5.75 Å². The van der Waals surface area contributed by atoms with Crippen LogP contribution in [0.15, 0.2) is 28.7 Å². The van der Waals surface area contributed by atoms with Crippen molar-refractivity contribution in [2.75, 3.05) is 13.2 Å². The number of halogens is 1. The molecule has 2 N–H and O–H groups in total. The highest BCUT2D eigenvalue weighted by Gasteiger charge is 2.08. The number of carbonyl (C=O) groups is 2. The quantitative estimate of drug-likeness (QED) is 0.889. The maximum Gasteiger partial charge on any atom is 0.321 e. The highest BCUT2D eigenvalue weighted by molar-refractivity contribution is 9.10. The molecule has 0 spiro atoms. The number of carbonyl (C=O) groups excluding carboxylic acids is 2. The smallest absolute Gasteiger partial charge is 0.321 e. The molecule has 0 radical (unpaired) electrons. The van der Waals surface area contributed by atoms with Gasteiger partial charge in [0.05, 0.1) is 4.47 Å². The van der Waals surface area contributed by atoms with E-state index in [0.717, 1.165) is 4.47 Å². The molecule has 0 saturated carbocycles. The van der Waals surface area contributed by atoms with Gasteiger partial charge in [0.25, 0.3) is 5.91 Å². The van der Waals surface area contributed by atoms with Gasteiger partial charge in [0.1, 0.15) is 5.75 Å². The van der Waals surface area contributed by atoms with Crippen LogP contribution in [0.2, 0.25) is 0 Å². The third-order valence-electron chi connectivity index (χ3n) is 1.79. The number of hydrogen-bond acceptors (Lipinski definition) is 3. The van der Waals surface area contributed by atoms with Crippen LogP contribution in [0.1, 0.15) is 6.92 Å². The Morgan fingerprint density at radius 2 is 2.06 bits per heavy atom. The number of hydrogen-bond donors (Lipinski definition) is 2. The summed E-state index contributed by atoms with van der Waals surface area (Å²) in [5.41, 5.74) is 0. The summed E-state index contributed by atoms with van der Waals surface area (Å²) in [5, 5.41) is 4.59. The van der Waals surface area contributed by atoms with Crippen LogP contribution >= 0.6 is 15.9 Å². The molecule has 1 aromatic carbocycles. The molecule has 0 aliphatic rings. The normalized spacial score (nSPS) is 9.53. The summed E-state index contributed by atoms with van der Waals surface area (Å²) in [7, 11) is 0. The molecule has 0 aromatic heterocycles. The van der Waals surface area contributed by atoms with Gasteiger partial charge in [-0.2, -0.15) is 0 Å². The standard InChI is InChI=1S/C11H13BrN2O3/c1-2-13-11(16)14-10(15)7-17-9-6-4-3-5-8(9)12/h3-6H,2,7H2,1H3,(H2,13,14,15,16). The number of imide groups is 1. The first-order valence-corrected chi connectivity index (χ1v) is 5.87. The van der Waals surface area contributed by atoms with Crippen molar-refractivity contribution < 1.29 is 14.3 Å². The van der Waals surface area contributed by atoms with Crippen molar-refractivity contribution in [1.29, 1.82) is 0 Å². The first kappa shape index (κ1) is 13.5. The Kier molecular flexibility index (Phi) is 5.48. The van der Waals surface area contributed by atoms with Crippen LogP contribution in [-0.2, 0) is 4.79 Å². The molecule has 17 heavy (non-hydrogen) atoms. The molecule has 1 aromatic rings. The average molecular weight is 301 g/mol. The molecule has 0 bridgehead atoms. The van der Waals surface area contributed by atoms with Gasteiger partial charge in [-0.25, -0.2) is 4.79 Å². The summed E-state index contributed by atoms with van der Waals surface area (Å²) >= 11 is 3.29. The fraction of sp³-hybridized carbons (Fsp3) is 0.273. The van der Waals surface area contributed by atoms with Crippen molar-refractivity contribution in [3.63, 3.8) is 0 Å². The third-order valence-corrected chi connectivity index (χ3v) is 2.44. The minimum Gasteiger partial charge on any atom is -0.483 e. The molecule has 0 atom stereocenters. The van der Waals surface area contributed by atoms with E-state index in [2.05, 4.69) is 26.6 Å². The van der Waals surface area contributed by atoms with Gasteiger partial charge in [0.15, 0.2) is 6.61 Å². The monoisotopic (exact) mass is 300 g/mol. The Hall–Kier alpha value is -1.56. The Bertz CT molecular complexity index is 409. The molecule has 5 nitrogen and oxygen atoms in total. The zero-order valence-electron chi connectivity index (χ0n) is 9.33. The number of nitrogens with one attached hydrogen (secondary N) is 2. The lowest BCUT2D eigenvalue weighted by Gasteiger charge is -2.08. The summed E-state index contributed by atoms with van der Waals surface area (Å²) in [6, 6.07) is 6.64. The molecule has 0 fully saturated rings. The van der Waals surface area contributed by atoms with E-state index in [0.29, 0.717) is 12.3 Å². The van der Waals surface area contributed by atoms with Gasteiger partial charge in [0, 0.05) is 6.54 Å². The average Bonchev–Trinajstić information content (AvgIpc) is 2.28. The first-order chi connectivity index (χ1) is 8.13. The van der Waals surface area contributed by atoms with Gasteiger partial charge < -0.3 is 10.1 Å². The van der Waals surface area contributed by atoms with E-state index in [9.17, 15) is 9.59 Å². The van der Waals surface area contributed by atoms with E-state index >= 15 is 0 Å². The Morgan fingerprint density at radius 3 is 2.71 bits per heavy atom. The van der Waals surface area contributed by atoms with Gasteiger partial charge in [-0.05, 0) is 35.0 Å². The van der Waals surface area contributed by atoms with E-state index < -0.39 is 11.9 Å². The number of para-hydroxylation sites is 1. The highest BCUT2D eigenvalue weighted by atomic mass is 79.9. The van der Waals surface area contributed by atoms with Crippen molar-refractivity contribution in [3.05, 3.63) is 28.7 Å². The van der Waals surface area contributed by atoms with Crippen LogP contribution in [0.25, 0.3) is 0 Å². The number of ether oxygens (including phenoxy) is 1. The van der Waals surface area contributed by atoms with E-state index in [1.807, 2.05) is 6.07 Å². The minimum absolute atomic E-state index is 0.209. The predicted octanol–water partition coefficient (Wildman–Crippen LogP) is 1.67. The topological polar surface area (TPSA) is 67.4 Å². The SMILES string of the molecule is CCNC(=O)NC(=O)COc1ccccc1Br. The summed E-state index contributed by atoms with van der Waals surface area (Å²) < 4.78 is 5.99. The second kappa shape index (κ2) is 6.90. The van der Waals surface area contributed by atoms with E-state index in [-0.39, 0.29) is 6.61 Å². The highest BCUT2D eigenvalue weighted by Crippen LogP contribution is 2.23. The lowest BCUT2D eigenvalue weighted by molar-refractivity contribution is -0.122. The van der Waals surface area contributed by atoms with Crippen LogP contribution in [0, 0.1) is 0 Å². The first-order valence-electron chi connectivity index (χ1n) is 5.08. The fourth-order valence-electron chi connectivity index (χ4n) is 1.07. The van der Waals surface area contributed by atoms with Gasteiger partial charge in [0.2, 0.25) is 0 Å². The summed E-state index contributed by atoms with van der Waals surface area (Å²) in [6.07, 6.45) is 0. The molecular formula is C11H13BrN2O3. The third kappa shape index (κ3) is 4.86. The number of benzene rings is 1. The van der Waals surface area contributed by atoms with Gasteiger partial charge >= 0.3 is 6.03 Å². The molecule has 0 saturated heterocycles. The van der Waals surface area contributed by atoms with Gasteiger partial charge in [-0.3, -0.25) is 10.1 Å². The van der Waals surface area contributed by atoms with E-state index in [1.54, 1.807) is 25.1 Å². The molecule has 0 aliphatic carbocycles. The molecule has 1 rings (SSSR count). The summed E-state index contributed by atoms with van der Waals surface area (Å²) in [5.74, 6) is 0.0604. The van der Waals surface area contributed by atoms with Crippen molar-refractivity contribution in [2.45, 2.75) is 6.92 Å². The molecule has 3 amide bonds.